The second-order valence-electron chi connectivity index (χ2n) is 5.84. The lowest BCUT2D eigenvalue weighted by Crippen LogP contribution is -2.32. The highest BCUT2D eigenvalue weighted by atomic mass is 32.2. The van der Waals surface area contributed by atoms with Crippen molar-refractivity contribution in [3.63, 3.8) is 0 Å². The number of amides is 1. The first-order valence-corrected chi connectivity index (χ1v) is 9.15. The molecule has 0 saturated carbocycles. The highest BCUT2D eigenvalue weighted by Gasteiger charge is 2.31. The van der Waals surface area contributed by atoms with E-state index in [1.54, 1.807) is 36.9 Å². The third-order valence-corrected chi connectivity index (χ3v) is 5.52. The van der Waals surface area contributed by atoms with Gasteiger partial charge in [0.05, 0.1) is 20.6 Å². The van der Waals surface area contributed by atoms with E-state index in [9.17, 15) is 13.6 Å². The summed E-state index contributed by atoms with van der Waals surface area (Å²) in [6, 6.07) is 8.82. The summed E-state index contributed by atoms with van der Waals surface area (Å²) in [6.07, 6.45) is -0.101. The molecule has 0 spiro atoms. The van der Waals surface area contributed by atoms with Crippen molar-refractivity contribution in [2.24, 2.45) is 0 Å². The van der Waals surface area contributed by atoms with Crippen LogP contribution < -0.4 is 9.47 Å². The fourth-order valence-electron chi connectivity index (χ4n) is 2.94. The van der Waals surface area contributed by atoms with Crippen LogP contribution in [0.25, 0.3) is 0 Å². The number of rotatable bonds is 5. The van der Waals surface area contributed by atoms with Gasteiger partial charge in [-0.15, -0.1) is 11.8 Å². The minimum absolute atomic E-state index is 0.101. The Bertz CT molecular complexity index is 815. The molecular weight excluding hydrogens is 360 g/mol. The zero-order chi connectivity index (χ0) is 18.7. The molecule has 0 N–H and O–H groups in total. The van der Waals surface area contributed by atoms with Gasteiger partial charge in [0.25, 0.3) is 0 Å². The van der Waals surface area contributed by atoms with E-state index in [4.69, 9.17) is 9.47 Å². The molecule has 26 heavy (non-hydrogen) atoms. The number of benzene rings is 2. The van der Waals surface area contributed by atoms with Crippen molar-refractivity contribution in [3.8, 4) is 11.5 Å². The monoisotopic (exact) mass is 379 g/mol. The molecule has 1 unspecified atom stereocenters. The van der Waals surface area contributed by atoms with Crippen LogP contribution >= 0.6 is 11.8 Å². The van der Waals surface area contributed by atoms with Crippen LogP contribution in [0.2, 0.25) is 0 Å². The molecule has 1 aliphatic rings. The van der Waals surface area contributed by atoms with Crippen molar-refractivity contribution in [2.75, 3.05) is 26.5 Å². The van der Waals surface area contributed by atoms with E-state index in [0.29, 0.717) is 18.0 Å². The van der Waals surface area contributed by atoms with Gasteiger partial charge in [0.15, 0.2) is 11.5 Å². The molecule has 3 rings (SSSR count). The predicted octanol–water partition coefficient (Wildman–Crippen LogP) is 3.80. The Morgan fingerprint density at radius 1 is 1.15 bits per heavy atom. The van der Waals surface area contributed by atoms with Gasteiger partial charge in [-0.1, -0.05) is 12.1 Å². The van der Waals surface area contributed by atoms with Gasteiger partial charge in [-0.3, -0.25) is 4.79 Å². The first-order valence-electron chi connectivity index (χ1n) is 8.10. The Morgan fingerprint density at radius 3 is 2.62 bits per heavy atom. The molecule has 7 heteroatoms. The van der Waals surface area contributed by atoms with E-state index < -0.39 is 11.6 Å². The summed E-state index contributed by atoms with van der Waals surface area (Å²) >= 11 is 1.64. The molecule has 0 aliphatic carbocycles. The zero-order valence-electron chi connectivity index (χ0n) is 14.5. The summed E-state index contributed by atoms with van der Waals surface area (Å²) in [4.78, 5) is 14.4. The number of hydrogen-bond acceptors (Lipinski definition) is 4. The standard InChI is InChI=1S/C19H19F2NO3S/c1-24-16-6-4-13(9-17(16)25-2)19-22(7-8-26-19)18(23)10-12-3-5-14(20)11-15(12)21/h3-6,9,11,19H,7-8,10H2,1-2H3. The Hall–Kier alpha value is -2.28. The minimum Gasteiger partial charge on any atom is -0.493 e. The van der Waals surface area contributed by atoms with Crippen LogP contribution in [-0.2, 0) is 11.2 Å². The van der Waals surface area contributed by atoms with Crippen molar-refractivity contribution in [1.82, 2.24) is 4.90 Å². The SMILES string of the molecule is COc1ccc(C2SCCN2C(=O)Cc2ccc(F)cc2F)cc1OC. The van der Waals surface area contributed by atoms with Crippen LogP contribution in [-0.4, -0.2) is 37.3 Å². The van der Waals surface area contributed by atoms with E-state index in [2.05, 4.69) is 0 Å². The summed E-state index contributed by atoms with van der Waals surface area (Å²) in [7, 11) is 3.12. The van der Waals surface area contributed by atoms with Crippen LogP contribution in [0.15, 0.2) is 36.4 Å². The van der Waals surface area contributed by atoms with Crippen molar-refractivity contribution < 1.29 is 23.0 Å². The zero-order valence-corrected chi connectivity index (χ0v) is 15.3. The van der Waals surface area contributed by atoms with Gasteiger partial charge in [0.1, 0.15) is 17.0 Å². The predicted molar refractivity (Wildman–Crippen MR) is 96.5 cm³/mol. The van der Waals surface area contributed by atoms with Gasteiger partial charge in [-0.05, 0) is 29.3 Å². The Balaban J connectivity index is 1.80. The lowest BCUT2D eigenvalue weighted by molar-refractivity contribution is -0.130. The van der Waals surface area contributed by atoms with Crippen LogP contribution in [0.3, 0.4) is 0 Å². The molecule has 1 saturated heterocycles. The molecule has 1 atom stereocenters. The van der Waals surface area contributed by atoms with E-state index in [-0.39, 0.29) is 23.3 Å². The lowest BCUT2D eigenvalue weighted by Gasteiger charge is -2.25. The molecule has 2 aromatic carbocycles. The molecule has 1 fully saturated rings. The van der Waals surface area contributed by atoms with E-state index in [1.807, 2.05) is 12.1 Å². The Morgan fingerprint density at radius 2 is 1.92 bits per heavy atom. The number of carbonyl (C=O) groups excluding carboxylic acids is 1. The number of nitrogens with zero attached hydrogens (tertiary/aromatic N) is 1. The average Bonchev–Trinajstić information content (AvgIpc) is 3.13. The first kappa shape index (κ1) is 18.5. The molecule has 138 valence electrons. The number of hydrogen-bond donors (Lipinski definition) is 0. The number of thioether (sulfide) groups is 1. The van der Waals surface area contributed by atoms with Crippen molar-refractivity contribution in [1.29, 1.82) is 0 Å². The minimum atomic E-state index is -0.701. The highest BCUT2D eigenvalue weighted by molar-refractivity contribution is 7.99. The Labute approximate surface area is 155 Å². The second-order valence-corrected chi connectivity index (χ2v) is 7.03. The quantitative estimate of drug-likeness (QED) is 0.792. The molecule has 1 amide bonds. The maximum absolute atomic E-state index is 13.9. The topological polar surface area (TPSA) is 38.8 Å². The molecular formula is C19H19F2NO3S. The van der Waals surface area contributed by atoms with E-state index in [1.165, 1.54) is 6.07 Å². The largest absolute Gasteiger partial charge is 0.493 e. The molecule has 0 radical (unpaired) electrons. The normalized spacial score (nSPS) is 16.6. The highest BCUT2D eigenvalue weighted by Crippen LogP contribution is 2.41. The van der Waals surface area contributed by atoms with Crippen LogP contribution in [0.1, 0.15) is 16.5 Å². The van der Waals surface area contributed by atoms with Gasteiger partial charge in [0.2, 0.25) is 5.91 Å². The maximum Gasteiger partial charge on any atom is 0.228 e. The summed E-state index contributed by atoms with van der Waals surface area (Å²) in [6.45, 7) is 0.575. The van der Waals surface area contributed by atoms with Gasteiger partial charge in [-0.2, -0.15) is 0 Å². The third kappa shape index (κ3) is 3.77. The van der Waals surface area contributed by atoms with Gasteiger partial charge in [0, 0.05) is 18.4 Å². The van der Waals surface area contributed by atoms with Crippen molar-refractivity contribution in [3.05, 3.63) is 59.2 Å². The van der Waals surface area contributed by atoms with Crippen LogP contribution in [0.4, 0.5) is 8.78 Å². The molecule has 1 heterocycles. The fraction of sp³-hybridized carbons (Fsp3) is 0.316. The number of carbonyl (C=O) groups is 1. The maximum atomic E-state index is 13.9. The molecule has 4 nitrogen and oxygen atoms in total. The Kier molecular flexibility index (Phi) is 5.66. The molecule has 0 aromatic heterocycles. The fourth-order valence-corrected chi connectivity index (χ4v) is 4.20. The lowest BCUT2D eigenvalue weighted by atomic mass is 10.1. The number of ether oxygens (including phenoxy) is 2. The molecule has 1 aliphatic heterocycles. The van der Waals surface area contributed by atoms with Gasteiger partial charge < -0.3 is 14.4 Å². The van der Waals surface area contributed by atoms with E-state index in [0.717, 1.165) is 23.4 Å². The van der Waals surface area contributed by atoms with Gasteiger partial charge in [-0.25, -0.2) is 8.78 Å². The van der Waals surface area contributed by atoms with Crippen molar-refractivity contribution in [2.45, 2.75) is 11.8 Å². The van der Waals surface area contributed by atoms with E-state index >= 15 is 0 Å². The first-order chi connectivity index (χ1) is 12.5. The summed E-state index contributed by atoms with van der Waals surface area (Å²) in [5.74, 6) is 0.447. The summed E-state index contributed by atoms with van der Waals surface area (Å²) in [5, 5.41) is -0.175. The molecule has 2 aromatic rings. The smallest absolute Gasteiger partial charge is 0.228 e. The molecule has 0 bridgehead atoms. The summed E-state index contributed by atoms with van der Waals surface area (Å²) in [5.41, 5.74) is 1.11. The van der Waals surface area contributed by atoms with Gasteiger partial charge >= 0.3 is 0 Å². The second kappa shape index (κ2) is 7.95. The third-order valence-electron chi connectivity index (χ3n) is 4.26. The average molecular weight is 379 g/mol. The summed E-state index contributed by atoms with van der Waals surface area (Å²) < 4.78 is 37.5. The van der Waals surface area contributed by atoms with Crippen LogP contribution in [0, 0.1) is 11.6 Å². The van der Waals surface area contributed by atoms with Crippen molar-refractivity contribution >= 4 is 17.7 Å². The number of halogens is 2. The van der Waals surface area contributed by atoms with Crippen LogP contribution in [0.5, 0.6) is 11.5 Å². The number of methoxy groups -OCH3 is 2.